The molecule has 7 heteroatoms. The van der Waals surface area contributed by atoms with Gasteiger partial charge in [0.2, 0.25) is 5.91 Å². The lowest BCUT2D eigenvalue weighted by atomic mass is 10.2. The summed E-state index contributed by atoms with van der Waals surface area (Å²) in [6.45, 7) is 1.23. The summed E-state index contributed by atoms with van der Waals surface area (Å²) >= 11 is 5.82. The summed E-state index contributed by atoms with van der Waals surface area (Å²) in [7, 11) is -1.27. The number of carbonyl (C=O) groups is 1. The molecule has 1 heterocycles. The molecule has 1 amide bonds. The zero-order chi connectivity index (χ0) is 16.2. The lowest BCUT2D eigenvalue weighted by Crippen LogP contribution is -2.39. The van der Waals surface area contributed by atoms with Gasteiger partial charge in [-0.15, -0.1) is 0 Å². The van der Waals surface area contributed by atoms with Gasteiger partial charge in [-0.1, -0.05) is 23.7 Å². The van der Waals surface area contributed by atoms with Crippen LogP contribution in [0.5, 0.6) is 0 Å². The van der Waals surface area contributed by atoms with Crippen molar-refractivity contribution >= 4 is 27.3 Å². The number of amides is 1. The maximum absolute atomic E-state index is 12.1. The first-order valence-electron chi connectivity index (χ1n) is 7.28. The quantitative estimate of drug-likeness (QED) is 0.793. The van der Waals surface area contributed by atoms with Crippen molar-refractivity contribution < 1.29 is 13.2 Å². The van der Waals surface area contributed by atoms with E-state index in [2.05, 4.69) is 5.32 Å². The largest absolute Gasteiger partial charge is 0.342 e. The SMILES string of the molecule is CN(C(=O)CCNCc1ccc(Cl)cc1)C1CCS(=O)(=O)C1. The second-order valence-electron chi connectivity index (χ2n) is 5.61. The van der Waals surface area contributed by atoms with Gasteiger partial charge in [-0.05, 0) is 24.1 Å². The van der Waals surface area contributed by atoms with Crippen molar-refractivity contribution in [2.75, 3.05) is 25.1 Å². The van der Waals surface area contributed by atoms with Crippen LogP contribution in [0.15, 0.2) is 24.3 Å². The Labute approximate surface area is 136 Å². The lowest BCUT2D eigenvalue weighted by Gasteiger charge is -2.23. The van der Waals surface area contributed by atoms with Crippen molar-refractivity contribution in [2.45, 2.75) is 25.4 Å². The van der Waals surface area contributed by atoms with E-state index in [9.17, 15) is 13.2 Å². The lowest BCUT2D eigenvalue weighted by molar-refractivity contribution is -0.131. The highest BCUT2D eigenvalue weighted by molar-refractivity contribution is 7.91. The molecule has 0 spiro atoms. The molecule has 1 aromatic rings. The zero-order valence-corrected chi connectivity index (χ0v) is 14.2. The second-order valence-corrected chi connectivity index (χ2v) is 8.28. The first kappa shape index (κ1) is 17.2. The van der Waals surface area contributed by atoms with E-state index in [4.69, 9.17) is 11.6 Å². The standard InChI is InChI=1S/C15H21ClN2O3S/c1-18(14-7-9-22(20,21)11-14)15(19)6-8-17-10-12-2-4-13(16)5-3-12/h2-5,14,17H,6-11H2,1H3. The van der Waals surface area contributed by atoms with Gasteiger partial charge in [0.25, 0.3) is 0 Å². The number of halogens is 1. The molecule has 0 bridgehead atoms. The highest BCUT2D eigenvalue weighted by Crippen LogP contribution is 2.17. The number of sulfone groups is 1. The van der Waals surface area contributed by atoms with Gasteiger partial charge in [-0.25, -0.2) is 8.42 Å². The van der Waals surface area contributed by atoms with Gasteiger partial charge in [0.05, 0.1) is 11.5 Å². The van der Waals surface area contributed by atoms with E-state index in [1.807, 2.05) is 24.3 Å². The molecule has 122 valence electrons. The highest BCUT2D eigenvalue weighted by atomic mass is 35.5. The summed E-state index contributed by atoms with van der Waals surface area (Å²) in [4.78, 5) is 13.6. The molecule has 1 aliphatic rings. The Hall–Kier alpha value is -1.11. The Morgan fingerprint density at radius 2 is 2.05 bits per heavy atom. The van der Waals surface area contributed by atoms with Crippen molar-refractivity contribution in [3.05, 3.63) is 34.9 Å². The molecule has 0 aliphatic carbocycles. The van der Waals surface area contributed by atoms with Gasteiger partial charge in [-0.2, -0.15) is 0 Å². The minimum absolute atomic E-state index is 0.0225. The van der Waals surface area contributed by atoms with Crippen LogP contribution in [0, 0.1) is 0 Å². The van der Waals surface area contributed by atoms with Crippen molar-refractivity contribution in [2.24, 2.45) is 0 Å². The van der Waals surface area contributed by atoms with Crippen molar-refractivity contribution in [1.29, 1.82) is 0 Å². The van der Waals surface area contributed by atoms with Gasteiger partial charge in [0.1, 0.15) is 0 Å². The predicted molar refractivity (Wildman–Crippen MR) is 87.6 cm³/mol. The van der Waals surface area contributed by atoms with E-state index in [1.54, 1.807) is 11.9 Å². The molecule has 1 N–H and O–H groups in total. The fraction of sp³-hybridized carbons (Fsp3) is 0.533. The first-order valence-corrected chi connectivity index (χ1v) is 9.48. The van der Waals surface area contributed by atoms with Crippen molar-refractivity contribution in [3.8, 4) is 0 Å². The summed E-state index contributed by atoms with van der Waals surface area (Å²) in [6, 6.07) is 7.36. The summed E-state index contributed by atoms with van der Waals surface area (Å²) in [5.41, 5.74) is 1.10. The maximum Gasteiger partial charge on any atom is 0.223 e. The van der Waals surface area contributed by atoms with Crippen LogP contribution in [0.4, 0.5) is 0 Å². The summed E-state index contributed by atoms with van der Waals surface area (Å²) in [5.74, 6) is 0.253. The molecule has 2 rings (SSSR count). The Bertz CT molecular complexity index is 616. The number of nitrogens with zero attached hydrogens (tertiary/aromatic N) is 1. The van der Waals surface area contributed by atoms with Crippen LogP contribution >= 0.6 is 11.6 Å². The number of carbonyl (C=O) groups excluding carboxylic acids is 1. The summed E-state index contributed by atoms with van der Waals surface area (Å²) < 4.78 is 22.9. The monoisotopic (exact) mass is 344 g/mol. The van der Waals surface area contributed by atoms with Crippen molar-refractivity contribution in [1.82, 2.24) is 10.2 Å². The minimum Gasteiger partial charge on any atom is -0.342 e. The molecule has 1 unspecified atom stereocenters. The number of hydrogen-bond acceptors (Lipinski definition) is 4. The maximum atomic E-state index is 12.1. The fourth-order valence-corrected chi connectivity index (χ4v) is 4.39. The predicted octanol–water partition coefficient (Wildman–Crippen LogP) is 1.47. The average molecular weight is 345 g/mol. The van der Waals surface area contributed by atoms with Crippen molar-refractivity contribution in [3.63, 3.8) is 0 Å². The third kappa shape index (κ3) is 4.97. The van der Waals surface area contributed by atoms with E-state index in [0.29, 0.717) is 31.0 Å². The zero-order valence-electron chi connectivity index (χ0n) is 12.6. The number of rotatable bonds is 6. The third-order valence-electron chi connectivity index (χ3n) is 3.91. The van der Waals surface area contributed by atoms with Gasteiger partial charge in [0.15, 0.2) is 9.84 Å². The molecular formula is C15H21ClN2O3S. The molecule has 0 saturated carbocycles. The normalized spacial score (nSPS) is 20.0. The molecule has 1 atom stereocenters. The van der Waals surface area contributed by atoms with Crippen LogP contribution in [0.2, 0.25) is 5.02 Å². The van der Waals surface area contributed by atoms with Crippen LogP contribution in [0.1, 0.15) is 18.4 Å². The Kier molecular flexibility index (Phi) is 5.83. The Morgan fingerprint density at radius 1 is 1.36 bits per heavy atom. The van der Waals surface area contributed by atoms with Crippen LogP contribution in [0.3, 0.4) is 0 Å². The molecule has 0 radical (unpaired) electrons. The molecule has 1 aromatic carbocycles. The molecule has 1 fully saturated rings. The Balaban J connectivity index is 1.70. The molecule has 5 nitrogen and oxygen atoms in total. The van der Waals surface area contributed by atoms with E-state index >= 15 is 0 Å². The minimum atomic E-state index is -2.96. The van der Waals surface area contributed by atoms with Gasteiger partial charge in [0, 0.05) is 37.6 Å². The van der Waals surface area contributed by atoms with Crippen LogP contribution < -0.4 is 5.32 Å². The fourth-order valence-electron chi connectivity index (χ4n) is 2.49. The van der Waals surface area contributed by atoms with E-state index in [0.717, 1.165) is 5.56 Å². The van der Waals surface area contributed by atoms with Crippen LogP contribution in [0.25, 0.3) is 0 Å². The summed E-state index contributed by atoms with van der Waals surface area (Å²) in [5, 5.41) is 3.91. The van der Waals surface area contributed by atoms with Crippen LogP contribution in [-0.2, 0) is 21.2 Å². The van der Waals surface area contributed by atoms with Gasteiger partial charge in [-0.3, -0.25) is 4.79 Å². The molecular weight excluding hydrogens is 324 g/mol. The molecule has 1 aliphatic heterocycles. The first-order chi connectivity index (χ1) is 10.4. The van der Waals surface area contributed by atoms with Gasteiger partial charge < -0.3 is 10.2 Å². The molecule has 0 aromatic heterocycles. The number of nitrogens with one attached hydrogen (secondary N) is 1. The Morgan fingerprint density at radius 3 is 2.64 bits per heavy atom. The van der Waals surface area contributed by atoms with E-state index in [1.165, 1.54) is 0 Å². The smallest absolute Gasteiger partial charge is 0.223 e. The molecule has 1 saturated heterocycles. The second kappa shape index (κ2) is 7.44. The highest BCUT2D eigenvalue weighted by Gasteiger charge is 2.32. The number of benzene rings is 1. The summed E-state index contributed by atoms with van der Waals surface area (Å²) in [6.07, 6.45) is 0.906. The topological polar surface area (TPSA) is 66.5 Å². The average Bonchev–Trinajstić information content (AvgIpc) is 2.84. The van der Waals surface area contributed by atoms with Gasteiger partial charge >= 0.3 is 0 Å². The van der Waals surface area contributed by atoms with E-state index in [-0.39, 0.29) is 23.5 Å². The van der Waals surface area contributed by atoms with E-state index < -0.39 is 9.84 Å². The molecule has 22 heavy (non-hydrogen) atoms. The van der Waals surface area contributed by atoms with Crippen LogP contribution in [-0.4, -0.2) is 50.4 Å². The number of hydrogen-bond donors (Lipinski definition) is 1. The third-order valence-corrected chi connectivity index (χ3v) is 5.91.